The fourth-order valence-corrected chi connectivity index (χ4v) is 4.33. The van der Waals surface area contributed by atoms with Crippen LogP contribution in [-0.4, -0.2) is 29.8 Å². The average Bonchev–Trinajstić information content (AvgIpc) is 3.07. The van der Waals surface area contributed by atoms with Crippen LogP contribution in [0.2, 0.25) is 5.02 Å². The van der Waals surface area contributed by atoms with E-state index in [0.717, 1.165) is 27.8 Å². The number of amides is 1. The topological polar surface area (TPSA) is 75.6 Å². The molecule has 4 rings (SSSR count). The summed E-state index contributed by atoms with van der Waals surface area (Å²) in [5.41, 5.74) is 6.08. The fourth-order valence-electron chi connectivity index (χ4n) is 4.02. The molecule has 1 aliphatic rings. The van der Waals surface area contributed by atoms with Gasteiger partial charge in [-0.25, -0.2) is 9.59 Å². The van der Waals surface area contributed by atoms with E-state index in [1.54, 1.807) is 12.1 Å². The Labute approximate surface area is 185 Å². The maximum atomic E-state index is 12.4. The number of halogens is 1. The number of nitrogens with one attached hydrogen (secondary N) is 1. The number of hydrogen-bond acceptors (Lipinski definition) is 3. The third kappa shape index (κ3) is 4.42. The van der Waals surface area contributed by atoms with Crippen LogP contribution in [0.25, 0.3) is 11.1 Å². The zero-order valence-corrected chi connectivity index (χ0v) is 17.7. The molecule has 0 saturated heterocycles. The van der Waals surface area contributed by atoms with E-state index in [1.807, 2.05) is 49.4 Å². The zero-order chi connectivity index (χ0) is 22.0. The van der Waals surface area contributed by atoms with Crippen LogP contribution in [0.4, 0.5) is 4.79 Å². The number of carbonyl (C=O) groups is 2. The van der Waals surface area contributed by atoms with Crippen LogP contribution in [0.1, 0.15) is 28.2 Å². The second kappa shape index (κ2) is 8.82. The van der Waals surface area contributed by atoms with E-state index in [2.05, 4.69) is 17.4 Å². The van der Waals surface area contributed by atoms with Gasteiger partial charge in [0, 0.05) is 17.4 Å². The lowest BCUT2D eigenvalue weighted by atomic mass is 9.98. The lowest BCUT2D eigenvalue weighted by Crippen LogP contribution is -2.43. The van der Waals surface area contributed by atoms with Gasteiger partial charge in [0.25, 0.3) is 0 Å². The van der Waals surface area contributed by atoms with Gasteiger partial charge in [0.1, 0.15) is 12.6 Å². The maximum Gasteiger partial charge on any atom is 0.407 e. The molecule has 0 fully saturated rings. The van der Waals surface area contributed by atoms with Crippen LogP contribution in [0.15, 0.2) is 66.7 Å². The largest absolute Gasteiger partial charge is 0.480 e. The Kier molecular flexibility index (Phi) is 5.96. The predicted octanol–water partition coefficient (Wildman–Crippen LogP) is 5.18. The van der Waals surface area contributed by atoms with Crippen molar-refractivity contribution in [1.82, 2.24) is 5.32 Å². The van der Waals surface area contributed by atoms with Crippen LogP contribution in [0, 0.1) is 6.92 Å². The van der Waals surface area contributed by atoms with Gasteiger partial charge in [-0.05, 0) is 46.4 Å². The number of aliphatic carboxylic acids is 1. The summed E-state index contributed by atoms with van der Waals surface area (Å²) in [4.78, 5) is 24.1. The molecular weight excluding hydrogens is 414 g/mol. The van der Waals surface area contributed by atoms with Gasteiger partial charge in [0.05, 0.1) is 0 Å². The van der Waals surface area contributed by atoms with Crippen molar-refractivity contribution < 1.29 is 19.4 Å². The highest BCUT2D eigenvalue weighted by atomic mass is 35.5. The molecule has 158 valence electrons. The first kappa shape index (κ1) is 20.9. The number of fused-ring (bicyclic) bond motifs is 3. The van der Waals surface area contributed by atoms with Gasteiger partial charge in [0.2, 0.25) is 0 Å². The molecule has 1 atom stereocenters. The second-order valence-corrected chi connectivity index (χ2v) is 8.07. The molecule has 1 amide bonds. The minimum atomic E-state index is -1.15. The van der Waals surface area contributed by atoms with Crippen LogP contribution in [-0.2, 0) is 16.0 Å². The molecule has 0 bridgehead atoms. The zero-order valence-electron chi connectivity index (χ0n) is 17.0. The first-order chi connectivity index (χ1) is 14.9. The average molecular weight is 436 g/mol. The van der Waals surface area contributed by atoms with Crippen molar-refractivity contribution in [3.63, 3.8) is 0 Å². The highest BCUT2D eigenvalue weighted by Crippen LogP contribution is 2.44. The highest BCUT2D eigenvalue weighted by molar-refractivity contribution is 6.31. The minimum absolute atomic E-state index is 0.0681. The SMILES string of the molecule is Cc1ccc(C[C@@H](NC(=O)OCC2c3ccccc3-c3ccccc32)C(=O)O)c(Cl)c1. The van der Waals surface area contributed by atoms with Crippen molar-refractivity contribution >= 4 is 23.7 Å². The minimum Gasteiger partial charge on any atom is -0.480 e. The Hall–Kier alpha value is -3.31. The quantitative estimate of drug-likeness (QED) is 0.559. The molecule has 0 saturated carbocycles. The van der Waals surface area contributed by atoms with Crippen LogP contribution >= 0.6 is 11.6 Å². The van der Waals surface area contributed by atoms with E-state index in [-0.39, 0.29) is 18.9 Å². The fraction of sp³-hybridized carbons (Fsp3) is 0.200. The summed E-state index contributed by atoms with van der Waals surface area (Å²) in [6.07, 6.45) is -0.698. The molecule has 0 aromatic heterocycles. The molecule has 0 spiro atoms. The monoisotopic (exact) mass is 435 g/mol. The smallest absolute Gasteiger partial charge is 0.407 e. The third-order valence-electron chi connectivity index (χ3n) is 5.57. The van der Waals surface area contributed by atoms with Crippen molar-refractivity contribution in [1.29, 1.82) is 0 Å². The summed E-state index contributed by atoms with van der Waals surface area (Å²) in [7, 11) is 0. The number of alkyl carbamates (subject to hydrolysis) is 1. The summed E-state index contributed by atoms with van der Waals surface area (Å²) >= 11 is 6.22. The summed E-state index contributed by atoms with van der Waals surface area (Å²) in [5, 5.41) is 12.5. The summed E-state index contributed by atoms with van der Waals surface area (Å²) in [5.74, 6) is -1.24. The number of hydrogen-bond donors (Lipinski definition) is 2. The summed E-state index contributed by atoms with van der Waals surface area (Å²) in [6, 6.07) is 20.3. The van der Waals surface area contributed by atoms with Gasteiger partial charge in [-0.15, -0.1) is 0 Å². The Morgan fingerprint density at radius 2 is 1.65 bits per heavy atom. The highest BCUT2D eigenvalue weighted by Gasteiger charge is 2.30. The second-order valence-electron chi connectivity index (χ2n) is 7.66. The molecular formula is C25H22ClNO4. The van der Waals surface area contributed by atoms with E-state index < -0.39 is 18.1 Å². The van der Waals surface area contributed by atoms with Gasteiger partial charge in [-0.3, -0.25) is 0 Å². The molecule has 0 radical (unpaired) electrons. The molecule has 0 unspecified atom stereocenters. The van der Waals surface area contributed by atoms with Crippen LogP contribution < -0.4 is 5.32 Å². The Balaban J connectivity index is 1.44. The van der Waals surface area contributed by atoms with Gasteiger partial charge >= 0.3 is 12.1 Å². The summed E-state index contributed by atoms with van der Waals surface area (Å²) < 4.78 is 5.46. The molecule has 5 nitrogen and oxygen atoms in total. The molecule has 0 aliphatic heterocycles. The van der Waals surface area contributed by atoms with E-state index >= 15 is 0 Å². The molecule has 31 heavy (non-hydrogen) atoms. The van der Waals surface area contributed by atoms with Gasteiger partial charge in [0.15, 0.2) is 0 Å². The molecule has 3 aromatic rings. The molecule has 0 heterocycles. The van der Waals surface area contributed by atoms with Crippen molar-refractivity contribution in [2.24, 2.45) is 0 Å². The number of carboxylic acids is 1. The lowest BCUT2D eigenvalue weighted by Gasteiger charge is -2.18. The predicted molar refractivity (Wildman–Crippen MR) is 120 cm³/mol. The van der Waals surface area contributed by atoms with E-state index in [9.17, 15) is 14.7 Å². The number of carbonyl (C=O) groups excluding carboxylic acids is 1. The Bertz CT molecular complexity index is 1100. The molecule has 6 heteroatoms. The van der Waals surface area contributed by atoms with Crippen molar-refractivity contribution in [2.75, 3.05) is 6.61 Å². The Morgan fingerprint density at radius 1 is 1.03 bits per heavy atom. The number of benzene rings is 3. The van der Waals surface area contributed by atoms with Crippen molar-refractivity contribution in [3.05, 3.63) is 94.0 Å². The van der Waals surface area contributed by atoms with Gasteiger partial charge < -0.3 is 15.2 Å². The number of ether oxygens (including phenoxy) is 1. The number of rotatable bonds is 6. The number of aryl methyl sites for hydroxylation is 1. The van der Waals surface area contributed by atoms with Crippen LogP contribution in [0.5, 0.6) is 0 Å². The number of carboxylic acid groups (broad SMARTS) is 1. The maximum absolute atomic E-state index is 12.4. The first-order valence-corrected chi connectivity index (χ1v) is 10.4. The normalized spacial score (nSPS) is 13.2. The van der Waals surface area contributed by atoms with Crippen molar-refractivity contribution in [2.45, 2.75) is 25.3 Å². The van der Waals surface area contributed by atoms with E-state index in [0.29, 0.717) is 10.6 Å². The van der Waals surface area contributed by atoms with Gasteiger partial charge in [-0.1, -0.05) is 72.3 Å². The Morgan fingerprint density at radius 3 is 2.23 bits per heavy atom. The lowest BCUT2D eigenvalue weighted by molar-refractivity contribution is -0.139. The van der Waals surface area contributed by atoms with Crippen molar-refractivity contribution in [3.8, 4) is 11.1 Å². The molecule has 1 aliphatic carbocycles. The molecule has 2 N–H and O–H groups in total. The van der Waals surface area contributed by atoms with Crippen LogP contribution in [0.3, 0.4) is 0 Å². The first-order valence-electron chi connectivity index (χ1n) is 10.0. The standard InChI is InChI=1S/C25H22ClNO4/c1-15-10-11-16(22(26)12-15)13-23(24(28)29)27-25(30)31-14-21-19-8-4-2-6-17(19)18-7-3-5-9-20(18)21/h2-12,21,23H,13-14H2,1H3,(H,27,30)(H,28,29)/t23-/m1/s1. The van der Waals surface area contributed by atoms with Gasteiger partial charge in [-0.2, -0.15) is 0 Å². The summed E-state index contributed by atoms with van der Waals surface area (Å²) in [6.45, 7) is 2.02. The molecule has 3 aromatic carbocycles. The van der Waals surface area contributed by atoms with E-state index in [1.165, 1.54) is 0 Å². The third-order valence-corrected chi connectivity index (χ3v) is 5.92. The van der Waals surface area contributed by atoms with E-state index in [4.69, 9.17) is 16.3 Å².